The smallest absolute Gasteiger partial charge is 0.276 e. The van der Waals surface area contributed by atoms with E-state index in [2.05, 4.69) is 53.2 Å². The van der Waals surface area contributed by atoms with Gasteiger partial charge in [-0.2, -0.15) is 0 Å². The van der Waals surface area contributed by atoms with E-state index in [0.717, 1.165) is 24.2 Å². The van der Waals surface area contributed by atoms with E-state index in [0.29, 0.717) is 15.3 Å². The van der Waals surface area contributed by atoms with Crippen LogP contribution in [0, 0.1) is 6.92 Å². The molecule has 2 aromatic heterocycles. The number of hydrogen-bond donors (Lipinski definition) is 0. The zero-order valence-corrected chi connectivity index (χ0v) is 17.0. The van der Waals surface area contributed by atoms with Crippen LogP contribution in [0.1, 0.15) is 25.0 Å². The Hall–Kier alpha value is -2.99. The molecule has 4 aromatic rings. The maximum absolute atomic E-state index is 13.0. The van der Waals surface area contributed by atoms with Crippen LogP contribution in [0.2, 0.25) is 0 Å². The number of aromatic nitrogens is 3. The molecule has 2 aromatic carbocycles. The van der Waals surface area contributed by atoms with Crippen molar-refractivity contribution in [1.29, 1.82) is 0 Å². The lowest BCUT2D eigenvalue weighted by molar-refractivity contribution is 0.866. The number of nitrogens with zero attached hydrogens (tertiary/aromatic N) is 4. The van der Waals surface area contributed by atoms with Crippen molar-refractivity contribution in [2.24, 2.45) is 0 Å². The summed E-state index contributed by atoms with van der Waals surface area (Å²) in [5, 5.41) is 8.42. The number of fused-ring (bicyclic) bond motifs is 1. The van der Waals surface area contributed by atoms with Crippen molar-refractivity contribution in [3.63, 3.8) is 0 Å². The average molecular weight is 391 g/mol. The van der Waals surface area contributed by atoms with Crippen molar-refractivity contribution in [2.75, 3.05) is 18.0 Å². The molecule has 4 rings (SSSR count). The van der Waals surface area contributed by atoms with Gasteiger partial charge in [0, 0.05) is 24.3 Å². The molecule has 0 aliphatic carbocycles. The van der Waals surface area contributed by atoms with E-state index in [-0.39, 0.29) is 5.56 Å². The molecule has 6 heteroatoms. The molecule has 2 heterocycles. The summed E-state index contributed by atoms with van der Waals surface area (Å²) in [5.74, 6) is 0.591. The Morgan fingerprint density at radius 1 is 1.00 bits per heavy atom. The Morgan fingerprint density at radius 2 is 1.68 bits per heavy atom. The van der Waals surface area contributed by atoms with Gasteiger partial charge in [0.1, 0.15) is 0 Å². The molecule has 0 saturated carbocycles. The van der Waals surface area contributed by atoms with E-state index in [9.17, 15) is 4.79 Å². The first kappa shape index (κ1) is 18.4. The SMILES string of the molecule is CCN(CC)c1ccc(C=c2sc3nnc(-c4ccc(C)cc4)n3c2=O)cc1. The Labute approximate surface area is 167 Å². The van der Waals surface area contributed by atoms with Gasteiger partial charge < -0.3 is 4.90 Å². The van der Waals surface area contributed by atoms with E-state index in [1.807, 2.05) is 37.3 Å². The first-order chi connectivity index (χ1) is 13.6. The van der Waals surface area contributed by atoms with Gasteiger partial charge in [-0.05, 0) is 44.5 Å². The topological polar surface area (TPSA) is 50.5 Å². The van der Waals surface area contributed by atoms with Crippen LogP contribution >= 0.6 is 11.3 Å². The van der Waals surface area contributed by atoms with Crippen LogP contribution in [0.5, 0.6) is 0 Å². The highest BCUT2D eigenvalue weighted by atomic mass is 32.1. The largest absolute Gasteiger partial charge is 0.372 e. The predicted octanol–water partition coefficient (Wildman–Crippen LogP) is 3.52. The standard InChI is InChI=1S/C22H22N4OS/c1-4-25(5-2)18-12-8-16(9-13-18)14-19-21(27)26-20(23-24-22(26)28-19)17-10-6-15(3)7-11-17/h6-14H,4-5H2,1-3H3. The van der Waals surface area contributed by atoms with Crippen molar-refractivity contribution in [1.82, 2.24) is 14.6 Å². The molecule has 0 radical (unpaired) electrons. The fraction of sp³-hybridized carbons (Fsp3) is 0.227. The van der Waals surface area contributed by atoms with E-state index >= 15 is 0 Å². The molecule has 28 heavy (non-hydrogen) atoms. The third-order valence-corrected chi connectivity index (χ3v) is 5.84. The molecule has 0 saturated heterocycles. The third-order valence-electron chi connectivity index (χ3n) is 4.88. The van der Waals surface area contributed by atoms with Gasteiger partial charge in [-0.25, -0.2) is 4.40 Å². The molecular formula is C22H22N4OS. The van der Waals surface area contributed by atoms with Crippen LogP contribution < -0.4 is 15.0 Å². The van der Waals surface area contributed by atoms with Gasteiger partial charge in [-0.15, -0.1) is 10.2 Å². The van der Waals surface area contributed by atoms with Gasteiger partial charge in [0.25, 0.3) is 5.56 Å². The molecule has 0 aliphatic heterocycles. The molecule has 0 unspecified atom stereocenters. The van der Waals surface area contributed by atoms with Crippen LogP contribution in [0.15, 0.2) is 53.3 Å². The molecular weight excluding hydrogens is 368 g/mol. The molecule has 0 atom stereocenters. The Bertz CT molecular complexity index is 1200. The maximum Gasteiger partial charge on any atom is 0.276 e. The lowest BCUT2D eigenvalue weighted by Crippen LogP contribution is -2.23. The lowest BCUT2D eigenvalue weighted by Gasteiger charge is -2.20. The zero-order valence-electron chi connectivity index (χ0n) is 16.2. The molecule has 142 valence electrons. The van der Waals surface area contributed by atoms with Crippen LogP contribution in [0.4, 0.5) is 5.69 Å². The monoisotopic (exact) mass is 390 g/mol. The van der Waals surface area contributed by atoms with Crippen LogP contribution in [0.25, 0.3) is 22.4 Å². The van der Waals surface area contributed by atoms with E-state index < -0.39 is 0 Å². The highest BCUT2D eigenvalue weighted by Gasteiger charge is 2.14. The number of anilines is 1. The molecule has 0 fully saturated rings. The second-order valence-corrected chi connectivity index (χ2v) is 7.70. The number of thiazole rings is 1. The zero-order chi connectivity index (χ0) is 19.7. The Morgan fingerprint density at radius 3 is 2.32 bits per heavy atom. The summed E-state index contributed by atoms with van der Waals surface area (Å²) in [6.45, 7) is 8.27. The predicted molar refractivity (Wildman–Crippen MR) is 116 cm³/mol. The lowest BCUT2D eigenvalue weighted by atomic mass is 10.1. The minimum Gasteiger partial charge on any atom is -0.372 e. The van der Waals surface area contributed by atoms with Gasteiger partial charge in [-0.3, -0.25) is 4.79 Å². The number of rotatable bonds is 5. The Balaban J connectivity index is 1.75. The van der Waals surface area contributed by atoms with Crippen LogP contribution in [0.3, 0.4) is 0 Å². The molecule has 0 aliphatic rings. The average Bonchev–Trinajstić information content (AvgIpc) is 3.25. The summed E-state index contributed by atoms with van der Waals surface area (Å²) in [4.78, 5) is 15.9. The third kappa shape index (κ3) is 3.31. The second kappa shape index (κ2) is 7.56. The van der Waals surface area contributed by atoms with Gasteiger partial charge in [0.05, 0.1) is 4.53 Å². The van der Waals surface area contributed by atoms with Gasteiger partial charge >= 0.3 is 0 Å². The molecule has 0 spiro atoms. The summed E-state index contributed by atoms with van der Waals surface area (Å²) < 4.78 is 2.26. The van der Waals surface area contributed by atoms with Crippen molar-refractivity contribution >= 4 is 28.1 Å². The van der Waals surface area contributed by atoms with Crippen molar-refractivity contribution in [2.45, 2.75) is 20.8 Å². The first-order valence-electron chi connectivity index (χ1n) is 9.42. The highest BCUT2D eigenvalue weighted by Crippen LogP contribution is 2.19. The normalized spacial score (nSPS) is 12.0. The van der Waals surface area contributed by atoms with E-state index in [1.165, 1.54) is 22.6 Å². The van der Waals surface area contributed by atoms with Crippen LogP contribution in [-0.4, -0.2) is 27.7 Å². The summed E-state index contributed by atoms with van der Waals surface area (Å²) in [6.07, 6.45) is 1.92. The summed E-state index contributed by atoms with van der Waals surface area (Å²) in [6, 6.07) is 16.3. The fourth-order valence-corrected chi connectivity index (χ4v) is 4.19. The first-order valence-corrected chi connectivity index (χ1v) is 10.2. The second-order valence-electron chi connectivity index (χ2n) is 6.69. The fourth-order valence-electron chi connectivity index (χ4n) is 3.27. The number of aryl methyl sites for hydroxylation is 1. The molecule has 0 amide bonds. The highest BCUT2D eigenvalue weighted by molar-refractivity contribution is 7.15. The summed E-state index contributed by atoms with van der Waals surface area (Å²) in [7, 11) is 0. The van der Waals surface area contributed by atoms with Crippen molar-refractivity contribution in [3.8, 4) is 11.4 Å². The number of hydrogen-bond acceptors (Lipinski definition) is 5. The maximum atomic E-state index is 13.0. The van der Waals surface area contributed by atoms with Gasteiger partial charge in [0.15, 0.2) is 5.82 Å². The summed E-state index contributed by atoms with van der Waals surface area (Å²) in [5.41, 5.74) is 4.18. The number of benzene rings is 2. The van der Waals surface area contributed by atoms with Crippen molar-refractivity contribution < 1.29 is 0 Å². The molecule has 0 bridgehead atoms. The van der Waals surface area contributed by atoms with E-state index in [1.54, 1.807) is 4.40 Å². The van der Waals surface area contributed by atoms with Crippen LogP contribution in [-0.2, 0) is 0 Å². The van der Waals surface area contributed by atoms with E-state index in [4.69, 9.17) is 0 Å². The Kier molecular flexibility index (Phi) is 4.96. The minimum atomic E-state index is -0.0756. The minimum absolute atomic E-state index is 0.0756. The summed E-state index contributed by atoms with van der Waals surface area (Å²) >= 11 is 1.37. The molecule has 0 N–H and O–H groups in total. The quantitative estimate of drug-likeness (QED) is 0.523. The van der Waals surface area contributed by atoms with Gasteiger partial charge in [-0.1, -0.05) is 53.3 Å². The molecule has 5 nitrogen and oxygen atoms in total. The van der Waals surface area contributed by atoms with Gasteiger partial charge in [0.2, 0.25) is 4.96 Å². The van der Waals surface area contributed by atoms with Crippen molar-refractivity contribution in [3.05, 3.63) is 74.5 Å².